The first-order valence-corrected chi connectivity index (χ1v) is 13.9. The SMILES string of the molecule is COc1ccc(N(C(=C(F)F)[Si](C)(C)C)[Si](C)(C)C)cc1. The van der Waals surface area contributed by atoms with E-state index in [0.29, 0.717) is 0 Å². The zero-order valence-electron chi connectivity index (χ0n) is 13.9. The van der Waals surface area contributed by atoms with Crippen LogP contribution < -0.4 is 9.30 Å². The van der Waals surface area contributed by atoms with E-state index in [0.717, 1.165) is 11.4 Å². The van der Waals surface area contributed by atoms with E-state index in [1.54, 1.807) is 7.11 Å². The molecule has 1 aromatic carbocycles. The summed E-state index contributed by atoms with van der Waals surface area (Å²) in [7, 11) is -2.57. The first-order valence-electron chi connectivity index (χ1n) is 6.98. The number of hydrogen-bond acceptors (Lipinski definition) is 2. The van der Waals surface area contributed by atoms with Gasteiger partial charge in [-0.15, -0.1) is 0 Å². The molecule has 1 rings (SSSR count). The summed E-state index contributed by atoms with van der Waals surface area (Å²) in [6.07, 6.45) is -1.55. The summed E-state index contributed by atoms with van der Waals surface area (Å²) in [6, 6.07) is 7.36. The zero-order chi connectivity index (χ0) is 16.4. The highest BCUT2D eigenvalue weighted by molar-refractivity contribution is 6.89. The molecule has 1 aromatic rings. The Kier molecular flexibility index (Phi) is 5.38. The van der Waals surface area contributed by atoms with Crippen LogP contribution in [0.5, 0.6) is 5.75 Å². The van der Waals surface area contributed by atoms with Crippen LogP contribution in [0.3, 0.4) is 0 Å². The Hall–Kier alpha value is -1.15. The molecule has 0 unspecified atom stereocenters. The van der Waals surface area contributed by atoms with Gasteiger partial charge in [-0.2, -0.15) is 8.78 Å². The largest absolute Gasteiger partial charge is 0.497 e. The van der Waals surface area contributed by atoms with Crippen LogP contribution in [0.2, 0.25) is 39.3 Å². The molecule has 0 N–H and O–H groups in total. The van der Waals surface area contributed by atoms with Gasteiger partial charge in [-0.25, -0.2) is 0 Å². The van der Waals surface area contributed by atoms with E-state index in [2.05, 4.69) is 19.6 Å². The Morgan fingerprint density at radius 2 is 1.43 bits per heavy atom. The summed E-state index contributed by atoms with van der Waals surface area (Å²) in [5.41, 5.74) is 0.820. The van der Waals surface area contributed by atoms with E-state index >= 15 is 0 Å². The third-order valence-electron chi connectivity index (χ3n) is 3.11. The van der Waals surface area contributed by atoms with Crippen molar-refractivity contribution in [3.63, 3.8) is 0 Å². The van der Waals surface area contributed by atoms with Crippen LogP contribution in [0.25, 0.3) is 0 Å². The van der Waals surface area contributed by atoms with Crippen molar-refractivity contribution in [1.82, 2.24) is 0 Å². The Bertz CT molecular complexity index is 512. The molecule has 0 heterocycles. The van der Waals surface area contributed by atoms with Gasteiger partial charge in [0.05, 0.1) is 12.4 Å². The van der Waals surface area contributed by atoms with Crippen molar-refractivity contribution in [3.8, 4) is 5.75 Å². The molecule has 2 nitrogen and oxygen atoms in total. The summed E-state index contributed by atoms with van der Waals surface area (Å²) < 4.78 is 34.4. The molecule has 0 atom stereocenters. The Labute approximate surface area is 128 Å². The normalized spacial score (nSPS) is 12.0. The van der Waals surface area contributed by atoms with Crippen molar-refractivity contribution in [2.45, 2.75) is 39.3 Å². The summed E-state index contributed by atoms with van der Waals surface area (Å²) in [6.45, 7) is 12.1. The monoisotopic (exact) mass is 329 g/mol. The average molecular weight is 330 g/mol. The van der Waals surface area contributed by atoms with Gasteiger partial charge < -0.3 is 9.30 Å². The van der Waals surface area contributed by atoms with Gasteiger partial charge in [-0.1, -0.05) is 39.3 Å². The number of methoxy groups -OCH3 is 1. The predicted octanol–water partition coefficient (Wildman–Crippen LogP) is 5.32. The minimum absolute atomic E-state index is 0.242. The number of ether oxygens (including phenoxy) is 1. The standard InChI is InChI=1S/C15H25F2NOSi2/c1-19-13-10-8-12(9-11-13)18(21(5,6)7)15(14(16)17)20(2,3)4/h8-11H,1-7H3. The lowest BCUT2D eigenvalue weighted by molar-refractivity contribution is 0.414. The molecule has 0 radical (unpaired) electrons. The van der Waals surface area contributed by atoms with Gasteiger partial charge in [0.15, 0.2) is 8.24 Å². The molecule has 0 aliphatic heterocycles. The van der Waals surface area contributed by atoms with Gasteiger partial charge in [0.1, 0.15) is 13.8 Å². The van der Waals surface area contributed by atoms with Gasteiger partial charge in [0.2, 0.25) is 0 Å². The number of nitrogens with zero attached hydrogens (tertiary/aromatic N) is 1. The zero-order valence-corrected chi connectivity index (χ0v) is 15.9. The van der Waals surface area contributed by atoms with Crippen LogP contribution in [-0.2, 0) is 0 Å². The first-order chi connectivity index (χ1) is 9.48. The third-order valence-corrected chi connectivity index (χ3v) is 6.99. The molecule has 0 saturated heterocycles. The van der Waals surface area contributed by atoms with E-state index in [9.17, 15) is 8.78 Å². The van der Waals surface area contributed by atoms with Crippen molar-refractivity contribution < 1.29 is 13.5 Å². The lowest BCUT2D eigenvalue weighted by atomic mass is 10.3. The topological polar surface area (TPSA) is 12.5 Å². The van der Waals surface area contributed by atoms with Gasteiger partial charge >= 0.3 is 0 Å². The smallest absolute Gasteiger partial charge is 0.284 e. The average Bonchev–Trinajstić information content (AvgIpc) is 2.32. The molecule has 0 amide bonds. The fourth-order valence-corrected chi connectivity index (χ4v) is 7.34. The van der Waals surface area contributed by atoms with Gasteiger partial charge in [-0.3, -0.25) is 0 Å². The van der Waals surface area contributed by atoms with Crippen molar-refractivity contribution in [2.75, 3.05) is 11.7 Å². The van der Waals surface area contributed by atoms with Crippen LogP contribution >= 0.6 is 0 Å². The number of halogens is 2. The fourth-order valence-electron chi connectivity index (χ4n) is 2.29. The Morgan fingerprint density at radius 1 is 0.952 bits per heavy atom. The molecule has 0 fully saturated rings. The number of rotatable bonds is 5. The van der Waals surface area contributed by atoms with E-state index in [4.69, 9.17) is 4.74 Å². The maximum Gasteiger partial charge on any atom is 0.284 e. The highest BCUT2D eigenvalue weighted by Crippen LogP contribution is 2.34. The maximum absolute atomic E-state index is 13.7. The second-order valence-corrected chi connectivity index (χ2v) is 16.8. The van der Waals surface area contributed by atoms with Crippen molar-refractivity contribution in [3.05, 3.63) is 35.7 Å². The van der Waals surface area contributed by atoms with Crippen LogP contribution in [0.1, 0.15) is 0 Å². The fraction of sp³-hybridized carbons (Fsp3) is 0.467. The van der Waals surface area contributed by atoms with Crippen LogP contribution in [0.4, 0.5) is 14.5 Å². The summed E-state index contributed by atoms with van der Waals surface area (Å²) in [5, 5.41) is 0.242. The maximum atomic E-state index is 13.7. The molecule has 0 bridgehead atoms. The Balaban J connectivity index is 3.45. The molecular formula is C15H25F2NOSi2. The summed E-state index contributed by atoms with van der Waals surface area (Å²) >= 11 is 0. The molecule has 0 aliphatic carbocycles. The van der Waals surface area contributed by atoms with E-state index in [1.165, 1.54) is 0 Å². The van der Waals surface area contributed by atoms with E-state index in [-0.39, 0.29) is 5.32 Å². The van der Waals surface area contributed by atoms with Crippen molar-refractivity contribution in [1.29, 1.82) is 0 Å². The van der Waals surface area contributed by atoms with Crippen LogP contribution in [0, 0.1) is 0 Å². The lowest BCUT2D eigenvalue weighted by Crippen LogP contribution is -2.51. The minimum atomic E-state index is -2.17. The molecule has 0 saturated carbocycles. The second-order valence-electron chi connectivity index (χ2n) is 7.06. The molecule has 0 spiro atoms. The van der Waals surface area contributed by atoms with Gasteiger partial charge in [0.25, 0.3) is 6.08 Å². The summed E-state index contributed by atoms with van der Waals surface area (Å²) in [5.74, 6) is 0.730. The van der Waals surface area contributed by atoms with E-state index in [1.807, 2.05) is 48.5 Å². The Morgan fingerprint density at radius 3 is 1.71 bits per heavy atom. The van der Waals surface area contributed by atoms with Crippen molar-refractivity contribution in [2.24, 2.45) is 0 Å². The predicted molar refractivity (Wildman–Crippen MR) is 91.4 cm³/mol. The highest BCUT2D eigenvalue weighted by Gasteiger charge is 2.37. The molecule has 6 heteroatoms. The molecule has 118 valence electrons. The lowest BCUT2D eigenvalue weighted by Gasteiger charge is -2.42. The van der Waals surface area contributed by atoms with Gasteiger partial charge in [-0.05, 0) is 24.3 Å². The summed E-state index contributed by atoms with van der Waals surface area (Å²) in [4.78, 5) is 0. The molecule has 0 aromatic heterocycles. The quantitative estimate of drug-likeness (QED) is 0.678. The highest BCUT2D eigenvalue weighted by atomic mass is 28.3. The van der Waals surface area contributed by atoms with Crippen LogP contribution in [-0.4, -0.2) is 23.4 Å². The number of anilines is 1. The number of benzene rings is 1. The van der Waals surface area contributed by atoms with Crippen molar-refractivity contribution >= 4 is 22.0 Å². The van der Waals surface area contributed by atoms with Gasteiger partial charge in [0, 0.05) is 5.69 Å². The molecule has 21 heavy (non-hydrogen) atoms. The third kappa shape index (κ3) is 4.41. The van der Waals surface area contributed by atoms with E-state index < -0.39 is 22.4 Å². The second kappa shape index (κ2) is 6.31. The molecular weight excluding hydrogens is 304 g/mol. The molecule has 0 aliphatic rings. The number of hydrogen-bond donors (Lipinski definition) is 0. The first kappa shape index (κ1) is 17.9. The van der Waals surface area contributed by atoms with Crippen LogP contribution in [0.15, 0.2) is 35.7 Å². The minimum Gasteiger partial charge on any atom is -0.497 e.